The summed E-state index contributed by atoms with van der Waals surface area (Å²) >= 11 is 0. The van der Waals surface area contributed by atoms with Gasteiger partial charge < -0.3 is 15.0 Å². The van der Waals surface area contributed by atoms with Crippen LogP contribution in [0.15, 0.2) is 18.5 Å². The molecule has 0 bridgehead atoms. The monoisotopic (exact) mass is 340 g/mol. The molecule has 0 radical (unpaired) electrons. The van der Waals surface area contributed by atoms with Gasteiger partial charge in [-0.15, -0.1) is 10.2 Å². The van der Waals surface area contributed by atoms with Gasteiger partial charge in [-0.1, -0.05) is 13.3 Å². The van der Waals surface area contributed by atoms with Crippen molar-refractivity contribution >= 4 is 16.8 Å². The molecule has 1 saturated heterocycles. The molecule has 25 heavy (non-hydrogen) atoms. The largest absolute Gasteiger partial charge is 0.377 e. The molecule has 7 nitrogen and oxygen atoms in total. The molecule has 2 aliphatic rings. The van der Waals surface area contributed by atoms with Crippen LogP contribution in [0.25, 0.3) is 16.8 Å². The van der Waals surface area contributed by atoms with Crippen molar-refractivity contribution in [3.63, 3.8) is 0 Å². The van der Waals surface area contributed by atoms with E-state index >= 15 is 0 Å². The van der Waals surface area contributed by atoms with Crippen LogP contribution in [0, 0.1) is 5.92 Å². The molecule has 2 N–H and O–H groups in total. The first kappa shape index (κ1) is 15.3. The van der Waals surface area contributed by atoms with Crippen molar-refractivity contribution in [1.82, 2.24) is 29.9 Å². The zero-order chi connectivity index (χ0) is 17.0. The van der Waals surface area contributed by atoms with Crippen LogP contribution >= 0.6 is 0 Å². The molecule has 0 spiro atoms. The molecule has 5 rings (SSSR count). The Hall–Kier alpha value is -1.99. The number of aromatic nitrogens is 5. The topological polar surface area (TPSA) is 80.1 Å². The van der Waals surface area contributed by atoms with Gasteiger partial charge in [-0.25, -0.2) is 4.98 Å². The molecule has 1 aliphatic heterocycles. The molecular formula is C18H24N6O. The highest BCUT2D eigenvalue weighted by atomic mass is 16.5. The van der Waals surface area contributed by atoms with Gasteiger partial charge in [0.15, 0.2) is 11.3 Å². The van der Waals surface area contributed by atoms with Gasteiger partial charge in [0.05, 0.1) is 30.5 Å². The molecule has 0 amide bonds. The fraction of sp³-hybridized carbons (Fsp3) is 0.611. The Bertz CT molecular complexity index is 911. The second kappa shape index (κ2) is 5.51. The molecule has 2 fully saturated rings. The van der Waals surface area contributed by atoms with Crippen molar-refractivity contribution < 1.29 is 4.74 Å². The third kappa shape index (κ3) is 2.37. The van der Waals surface area contributed by atoms with E-state index in [1.54, 1.807) is 6.20 Å². The van der Waals surface area contributed by atoms with Gasteiger partial charge >= 0.3 is 0 Å². The number of nitrogens with zero attached hydrogens (tertiary/aromatic N) is 4. The van der Waals surface area contributed by atoms with Gasteiger partial charge in [-0.05, 0) is 31.7 Å². The standard InChI is InChI=1S/C18H24N6O/c1-3-11-6-12(21-18(2)9-25-10-18)7-13(11)17-23-22-15-8-20-16-14(24(15)17)4-5-19-16/h4-5,8,11-13,19,21H,3,6-7,9-10H2,1-2H3. The quantitative estimate of drug-likeness (QED) is 0.761. The van der Waals surface area contributed by atoms with E-state index in [1.807, 2.05) is 6.20 Å². The zero-order valence-electron chi connectivity index (χ0n) is 14.7. The molecule has 7 heteroatoms. The van der Waals surface area contributed by atoms with E-state index in [-0.39, 0.29) is 5.54 Å². The summed E-state index contributed by atoms with van der Waals surface area (Å²) in [4.78, 5) is 7.61. The molecule has 0 aromatic carbocycles. The second-order valence-electron chi connectivity index (χ2n) is 7.86. The fourth-order valence-electron chi connectivity index (χ4n) is 4.63. The number of H-pyrrole nitrogens is 1. The molecule has 3 aromatic heterocycles. The van der Waals surface area contributed by atoms with Gasteiger partial charge in [-0.3, -0.25) is 4.40 Å². The van der Waals surface area contributed by atoms with E-state index in [0.717, 1.165) is 48.7 Å². The summed E-state index contributed by atoms with van der Waals surface area (Å²) in [6, 6.07) is 2.57. The summed E-state index contributed by atoms with van der Waals surface area (Å²) in [6.07, 6.45) is 7.17. The highest BCUT2D eigenvalue weighted by molar-refractivity contribution is 5.74. The van der Waals surface area contributed by atoms with E-state index in [2.05, 4.69) is 49.8 Å². The number of hydrogen-bond acceptors (Lipinski definition) is 5. The summed E-state index contributed by atoms with van der Waals surface area (Å²) in [5.41, 5.74) is 2.91. The minimum Gasteiger partial charge on any atom is -0.377 e. The van der Waals surface area contributed by atoms with Gasteiger partial charge in [0, 0.05) is 18.2 Å². The summed E-state index contributed by atoms with van der Waals surface area (Å²) < 4.78 is 7.58. The summed E-state index contributed by atoms with van der Waals surface area (Å²) in [5, 5.41) is 12.8. The number of fused-ring (bicyclic) bond motifs is 3. The van der Waals surface area contributed by atoms with Crippen molar-refractivity contribution in [3.05, 3.63) is 24.3 Å². The number of rotatable bonds is 4. The predicted octanol–water partition coefficient (Wildman–Crippen LogP) is 2.26. The minimum atomic E-state index is 0.141. The Balaban J connectivity index is 1.51. The molecule has 4 heterocycles. The smallest absolute Gasteiger partial charge is 0.179 e. The highest BCUT2D eigenvalue weighted by Gasteiger charge is 2.42. The zero-order valence-corrected chi connectivity index (χ0v) is 14.7. The lowest BCUT2D eigenvalue weighted by Crippen LogP contribution is -2.60. The maximum Gasteiger partial charge on any atom is 0.179 e. The number of hydrogen-bond donors (Lipinski definition) is 2. The van der Waals surface area contributed by atoms with Gasteiger partial charge in [0.25, 0.3) is 0 Å². The van der Waals surface area contributed by atoms with Gasteiger partial charge in [0.1, 0.15) is 5.82 Å². The molecule has 132 valence electrons. The molecule has 1 aliphatic carbocycles. The van der Waals surface area contributed by atoms with Crippen LogP contribution in [0.4, 0.5) is 0 Å². The Morgan fingerprint density at radius 1 is 1.36 bits per heavy atom. The highest BCUT2D eigenvalue weighted by Crippen LogP contribution is 2.42. The Morgan fingerprint density at radius 2 is 2.24 bits per heavy atom. The SMILES string of the molecule is CCC1CC(NC2(C)COC2)CC1c1nnc2cnc3[nH]ccc3n12. The van der Waals surface area contributed by atoms with E-state index in [1.165, 1.54) is 6.42 Å². The predicted molar refractivity (Wildman–Crippen MR) is 94.5 cm³/mol. The third-order valence-corrected chi connectivity index (χ3v) is 5.91. The Labute approximate surface area is 146 Å². The number of ether oxygens (including phenoxy) is 1. The van der Waals surface area contributed by atoms with E-state index in [9.17, 15) is 0 Å². The lowest BCUT2D eigenvalue weighted by atomic mass is 9.93. The summed E-state index contributed by atoms with van der Waals surface area (Å²) in [6.45, 7) is 6.17. The van der Waals surface area contributed by atoms with Crippen LogP contribution in [0.1, 0.15) is 44.9 Å². The average Bonchev–Trinajstić information content (AvgIpc) is 3.29. The van der Waals surface area contributed by atoms with Crippen molar-refractivity contribution in [2.75, 3.05) is 13.2 Å². The van der Waals surface area contributed by atoms with Crippen molar-refractivity contribution in [2.45, 2.75) is 50.6 Å². The molecule has 3 atom stereocenters. The summed E-state index contributed by atoms with van der Waals surface area (Å²) in [7, 11) is 0. The minimum absolute atomic E-state index is 0.141. The van der Waals surface area contributed by atoms with Crippen molar-refractivity contribution in [1.29, 1.82) is 0 Å². The Kier molecular flexibility index (Phi) is 3.36. The number of nitrogens with one attached hydrogen (secondary N) is 2. The van der Waals surface area contributed by atoms with Crippen molar-refractivity contribution in [3.8, 4) is 0 Å². The lowest BCUT2D eigenvalue weighted by molar-refractivity contribution is -0.0692. The van der Waals surface area contributed by atoms with Crippen LogP contribution in [0.3, 0.4) is 0 Å². The van der Waals surface area contributed by atoms with Crippen LogP contribution in [-0.4, -0.2) is 49.4 Å². The maximum atomic E-state index is 5.40. The first-order valence-corrected chi connectivity index (χ1v) is 9.19. The fourth-order valence-corrected chi connectivity index (χ4v) is 4.63. The molecule has 1 saturated carbocycles. The van der Waals surface area contributed by atoms with Gasteiger partial charge in [0.2, 0.25) is 0 Å². The van der Waals surface area contributed by atoms with Crippen LogP contribution in [-0.2, 0) is 4.74 Å². The average molecular weight is 340 g/mol. The first-order valence-electron chi connectivity index (χ1n) is 9.19. The third-order valence-electron chi connectivity index (χ3n) is 5.91. The van der Waals surface area contributed by atoms with E-state index in [0.29, 0.717) is 17.9 Å². The van der Waals surface area contributed by atoms with Crippen LogP contribution in [0.2, 0.25) is 0 Å². The molecule has 3 aromatic rings. The Morgan fingerprint density at radius 3 is 3.00 bits per heavy atom. The molecule has 3 unspecified atom stereocenters. The maximum absolute atomic E-state index is 5.40. The van der Waals surface area contributed by atoms with Crippen LogP contribution in [0.5, 0.6) is 0 Å². The molecular weight excluding hydrogens is 316 g/mol. The van der Waals surface area contributed by atoms with Crippen molar-refractivity contribution in [2.24, 2.45) is 5.92 Å². The second-order valence-corrected chi connectivity index (χ2v) is 7.86. The normalized spacial score (nSPS) is 28.6. The van der Waals surface area contributed by atoms with E-state index < -0.39 is 0 Å². The van der Waals surface area contributed by atoms with Gasteiger partial charge in [-0.2, -0.15) is 0 Å². The summed E-state index contributed by atoms with van der Waals surface area (Å²) in [5.74, 6) is 2.12. The first-order chi connectivity index (χ1) is 12.2. The van der Waals surface area contributed by atoms with Crippen LogP contribution < -0.4 is 5.32 Å². The van der Waals surface area contributed by atoms with E-state index in [4.69, 9.17) is 4.74 Å². The lowest BCUT2D eigenvalue weighted by Gasteiger charge is -2.41. The number of aromatic amines is 1.